The van der Waals surface area contributed by atoms with Gasteiger partial charge in [-0.25, -0.2) is 0 Å². The van der Waals surface area contributed by atoms with E-state index in [9.17, 15) is 5.11 Å². The highest BCUT2D eigenvalue weighted by molar-refractivity contribution is 5.52. The smallest absolute Gasteiger partial charge is 0.161 e. The summed E-state index contributed by atoms with van der Waals surface area (Å²) in [6.07, 6.45) is 0.987. The van der Waals surface area contributed by atoms with Gasteiger partial charge in [-0.15, -0.1) is 0 Å². The minimum Gasteiger partial charge on any atom is -0.504 e. The number of methoxy groups -OCH3 is 1. The van der Waals surface area contributed by atoms with Gasteiger partial charge in [0.1, 0.15) is 6.04 Å². The predicted molar refractivity (Wildman–Crippen MR) is 95.8 cm³/mol. The van der Waals surface area contributed by atoms with Crippen LogP contribution in [0, 0.1) is 0 Å². The summed E-state index contributed by atoms with van der Waals surface area (Å²) in [7, 11) is 1.56. The van der Waals surface area contributed by atoms with Crippen LogP contribution in [0.4, 0.5) is 0 Å². The van der Waals surface area contributed by atoms with Crippen LogP contribution in [0.3, 0.4) is 0 Å². The zero-order chi connectivity index (χ0) is 17.8. The number of phenolic OH excluding ortho intramolecular Hbond substituents is 1. The minimum absolute atomic E-state index is 0.121. The average molecular weight is 344 g/mol. The lowest BCUT2D eigenvalue weighted by Gasteiger charge is -2.26. The molecule has 0 radical (unpaired) electrons. The summed E-state index contributed by atoms with van der Waals surface area (Å²) in [5, 5.41) is 12.4. The van der Waals surface area contributed by atoms with Crippen molar-refractivity contribution in [1.29, 1.82) is 0 Å². The second kappa shape index (κ2) is 7.66. The lowest BCUT2D eigenvalue weighted by Crippen LogP contribution is -2.87. The van der Waals surface area contributed by atoms with Crippen LogP contribution < -0.4 is 19.5 Å². The SMILES string of the molecule is CCOc1cc2c(cc1OCC)[C@@H](c1ccc(OC)c(O)c1)[NH2+]CC2. The molecule has 0 saturated carbocycles. The van der Waals surface area contributed by atoms with Gasteiger partial charge in [-0.3, -0.25) is 0 Å². The molecule has 0 aliphatic carbocycles. The number of hydrogen-bond donors (Lipinski definition) is 2. The Bertz CT molecular complexity index is 745. The van der Waals surface area contributed by atoms with E-state index in [1.165, 1.54) is 11.1 Å². The quantitative estimate of drug-likeness (QED) is 0.845. The Morgan fingerprint density at radius 3 is 2.40 bits per heavy atom. The molecule has 134 valence electrons. The fourth-order valence-corrected chi connectivity index (χ4v) is 3.41. The second-order valence-electron chi connectivity index (χ2n) is 6.05. The van der Waals surface area contributed by atoms with Crippen molar-refractivity contribution in [1.82, 2.24) is 0 Å². The monoisotopic (exact) mass is 344 g/mol. The first kappa shape index (κ1) is 17.4. The van der Waals surface area contributed by atoms with E-state index in [2.05, 4.69) is 17.4 Å². The van der Waals surface area contributed by atoms with Gasteiger partial charge in [-0.2, -0.15) is 0 Å². The van der Waals surface area contributed by atoms with Gasteiger partial charge >= 0.3 is 0 Å². The van der Waals surface area contributed by atoms with Gasteiger partial charge in [0.05, 0.1) is 26.9 Å². The van der Waals surface area contributed by atoms with Crippen molar-refractivity contribution >= 4 is 0 Å². The van der Waals surface area contributed by atoms with Gasteiger partial charge in [0.2, 0.25) is 0 Å². The molecule has 0 amide bonds. The maximum atomic E-state index is 10.1. The third-order valence-corrected chi connectivity index (χ3v) is 4.52. The Labute approximate surface area is 148 Å². The summed E-state index contributed by atoms with van der Waals surface area (Å²) in [5.41, 5.74) is 3.53. The molecular weight excluding hydrogens is 318 g/mol. The zero-order valence-electron chi connectivity index (χ0n) is 15.0. The minimum atomic E-state index is 0.121. The van der Waals surface area contributed by atoms with Crippen LogP contribution in [0.2, 0.25) is 0 Å². The molecule has 0 aromatic heterocycles. The van der Waals surface area contributed by atoms with Gasteiger partial charge in [-0.1, -0.05) is 0 Å². The summed E-state index contributed by atoms with van der Waals surface area (Å²) >= 11 is 0. The fourth-order valence-electron chi connectivity index (χ4n) is 3.41. The van der Waals surface area contributed by atoms with Gasteiger partial charge in [0.25, 0.3) is 0 Å². The predicted octanol–water partition coefficient (Wildman–Crippen LogP) is 2.41. The summed E-state index contributed by atoms with van der Waals surface area (Å²) < 4.78 is 16.7. The molecule has 5 nitrogen and oxygen atoms in total. The maximum absolute atomic E-state index is 10.1. The number of fused-ring (bicyclic) bond motifs is 1. The highest BCUT2D eigenvalue weighted by atomic mass is 16.5. The highest BCUT2D eigenvalue weighted by Crippen LogP contribution is 2.37. The van der Waals surface area contributed by atoms with E-state index in [4.69, 9.17) is 14.2 Å². The Kier molecular flexibility index (Phi) is 5.34. The molecule has 5 heteroatoms. The molecule has 1 heterocycles. The van der Waals surface area contributed by atoms with Crippen molar-refractivity contribution in [3.8, 4) is 23.0 Å². The number of hydrogen-bond acceptors (Lipinski definition) is 4. The van der Waals surface area contributed by atoms with E-state index < -0.39 is 0 Å². The lowest BCUT2D eigenvalue weighted by atomic mass is 9.89. The fraction of sp³-hybridized carbons (Fsp3) is 0.400. The first-order valence-corrected chi connectivity index (χ1v) is 8.80. The van der Waals surface area contributed by atoms with Gasteiger partial charge < -0.3 is 24.6 Å². The molecule has 1 aliphatic rings. The summed E-state index contributed by atoms with van der Waals surface area (Å²) in [6, 6.07) is 9.91. The van der Waals surface area contributed by atoms with E-state index >= 15 is 0 Å². The molecule has 2 aromatic carbocycles. The van der Waals surface area contributed by atoms with Crippen LogP contribution in [0.25, 0.3) is 0 Å². The number of phenols is 1. The average Bonchev–Trinajstić information content (AvgIpc) is 2.62. The van der Waals surface area contributed by atoms with Gasteiger partial charge in [0, 0.05) is 17.5 Å². The van der Waals surface area contributed by atoms with Gasteiger partial charge in [-0.05, 0) is 49.7 Å². The molecule has 1 aliphatic heterocycles. The molecule has 0 saturated heterocycles. The third-order valence-electron chi connectivity index (χ3n) is 4.52. The molecule has 1 atom stereocenters. The van der Waals surface area contributed by atoms with E-state index in [0.29, 0.717) is 19.0 Å². The maximum Gasteiger partial charge on any atom is 0.161 e. The van der Waals surface area contributed by atoms with Crippen LogP contribution in [-0.2, 0) is 6.42 Å². The van der Waals surface area contributed by atoms with Crippen molar-refractivity contribution < 1.29 is 24.6 Å². The van der Waals surface area contributed by atoms with E-state index in [-0.39, 0.29) is 11.8 Å². The van der Waals surface area contributed by atoms with Crippen LogP contribution in [0.5, 0.6) is 23.0 Å². The Balaban J connectivity index is 2.03. The number of aromatic hydroxyl groups is 1. The lowest BCUT2D eigenvalue weighted by molar-refractivity contribution is -0.690. The molecule has 0 unspecified atom stereocenters. The molecule has 0 fully saturated rings. The Morgan fingerprint density at radius 1 is 1.04 bits per heavy atom. The van der Waals surface area contributed by atoms with Crippen LogP contribution >= 0.6 is 0 Å². The van der Waals surface area contributed by atoms with Crippen molar-refractivity contribution in [2.75, 3.05) is 26.9 Å². The molecule has 3 N–H and O–H groups in total. The van der Waals surface area contributed by atoms with Crippen LogP contribution in [-0.4, -0.2) is 32.0 Å². The molecule has 3 rings (SSSR count). The molecule has 0 spiro atoms. The normalized spacial score (nSPS) is 16.2. The van der Waals surface area contributed by atoms with Gasteiger partial charge in [0.15, 0.2) is 23.0 Å². The molecule has 25 heavy (non-hydrogen) atoms. The topological polar surface area (TPSA) is 64.5 Å². The summed E-state index contributed by atoms with van der Waals surface area (Å²) in [4.78, 5) is 0. The van der Waals surface area contributed by atoms with E-state index in [0.717, 1.165) is 30.0 Å². The Hall–Kier alpha value is -2.40. The number of ether oxygens (including phenoxy) is 3. The van der Waals surface area contributed by atoms with Crippen molar-refractivity contribution in [3.63, 3.8) is 0 Å². The summed E-state index contributed by atoms with van der Waals surface area (Å²) in [5.74, 6) is 2.24. The summed E-state index contributed by atoms with van der Waals surface area (Å²) in [6.45, 7) is 6.15. The number of quaternary nitrogens is 1. The highest BCUT2D eigenvalue weighted by Gasteiger charge is 2.28. The Morgan fingerprint density at radius 2 is 1.76 bits per heavy atom. The number of rotatable bonds is 6. The van der Waals surface area contributed by atoms with Crippen molar-refractivity contribution in [2.45, 2.75) is 26.3 Å². The molecular formula is C20H26NO4+. The largest absolute Gasteiger partial charge is 0.504 e. The second-order valence-corrected chi connectivity index (χ2v) is 6.05. The van der Waals surface area contributed by atoms with Crippen LogP contribution in [0.1, 0.15) is 36.6 Å². The first-order valence-electron chi connectivity index (χ1n) is 8.80. The molecule has 2 aromatic rings. The third kappa shape index (κ3) is 3.51. The van der Waals surface area contributed by atoms with Crippen molar-refractivity contribution in [2.24, 2.45) is 0 Å². The van der Waals surface area contributed by atoms with Crippen molar-refractivity contribution in [3.05, 3.63) is 47.0 Å². The van der Waals surface area contributed by atoms with E-state index in [1.807, 2.05) is 26.0 Å². The number of benzene rings is 2. The van der Waals surface area contributed by atoms with Crippen LogP contribution in [0.15, 0.2) is 30.3 Å². The zero-order valence-corrected chi connectivity index (χ0v) is 15.0. The van der Waals surface area contributed by atoms with E-state index in [1.54, 1.807) is 13.2 Å². The number of nitrogens with two attached hydrogens (primary N) is 1. The first-order chi connectivity index (χ1) is 12.2. The standard InChI is InChI=1S/C20H25NO4/c1-4-24-18-11-13-8-9-21-20(15(13)12-19(18)25-5-2)14-6-7-17(23-3)16(22)10-14/h6-7,10-12,20-22H,4-5,8-9H2,1-3H3/p+1/t20-/m1/s1. The molecule has 0 bridgehead atoms.